The van der Waals surface area contributed by atoms with Crippen molar-refractivity contribution in [1.82, 2.24) is 19.6 Å². The maximum atomic E-state index is 5.91. The van der Waals surface area contributed by atoms with Gasteiger partial charge in [-0.2, -0.15) is 5.10 Å². The van der Waals surface area contributed by atoms with Crippen molar-refractivity contribution in [3.63, 3.8) is 0 Å². The van der Waals surface area contributed by atoms with E-state index in [4.69, 9.17) is 9.47 Å². The van der Waals surface area contributed by atoms with E-state index in [1.54, 1.807) is 6.20 Å². The van der Waals surface area contributed by atoms with Crippen LogP contribution in [-0.4, -0.2) is 66.1 Å². The van der Waals surface area contributed by atoms with Crippen LogP contribution >= 0.6 is 0 Å². The molecule has 0 aliphatic carbocycles. The molecule has 2 aromatic carbocycles. The molecule has 1 fully saturated rings. The Morgan fingerprint density at radius 3 is 2.57 bits per heavy atom. The largest absolute Gasteiger partial charge is 0.492 e. The van der Waals surface area contributed by atoms with Crippen molar-refractivity contribution in [2.24, 2.45) is 0 Å². The highest BCUT2D eigenvalue weighted by atomic mass is 16.5. The third-order valence-corrected chi connectivity index (χ3v) is 5.29. The molecule has 0 spiro atoms. The van der Waals surface area contributed by atoms with E-state index in [1.807, 2.05) is 16.9 Å². The lowest BCUT2D eigenvalue weighted by molar-refractivity contribution is 0.0322. The van der Waals surface area contributed by atoms with E-state index in [1.165, 1.54) is 11.1 Å². The van der Waals surface area contributed by atoms with Crippen LogP contribution in [0.25, 0.3) is 5.69 Å². The van der Waals surface area contributed by atoms with Crippen molar-refractivity contribution in [3.05, 3.63) is 78.1 Å². The average Bonchev–Trinajstić information content (AvgIpc) is 3.31. The highest BCUT2D eigenvalue weighted by Gasteiger charge is 2.10. The first-order chi connectivity index (χ1) is 14.8. The summed E-state index contributed by atoms with van der Waals surface area (Å²) >= 11 is 0. The van der Waals surface area contributed by atoms with E-state index < -0.39 is 0 Å². The minimum absolute atomic E-state index is 0.714. The normalized spacial score (nSPS) is 14.9. The van der Waals surface area contributed by atoms with Crippen molar-refractivity contribution in [3.8, 4) is 11.4 Å². The second kappa shape index (κ2) is 10.4. The molecule has 0 unspecified atom stereocenters. The Kier molecular flexibility index (Phi) is 7.13. The standard InChI is InChI=1S/C24H30N4O2/c1-26(20-22-4-2-5-23(18-22)28-11-3-10-25-28)19-21-6-8-24(9-7-21)30-17-14-27-12-15-29-16-13-27/h2-11,18H,12-17,19-20H2,1H3. The number of hydrogen-bond donors (Lipinski definition) is 0. The summed E-state index contributed by atoms with van der Waals surface area (Å²) in [4.78, 5) is 4.70. The number of benzene rings is 2. The van der Waals surface area contributed by atoms with Crippen molar-refractivity contribution >= 4 is 0 Å². The topological polar surface area (TPSA) is 42.8 Å². The smallest absolute Gasteiger partial charge is 0.119 e. The third-order valence-electron chi connectivity index (χ3n) is 5.29. The van der Waals surface area contributed by atoms with Crippen molar-refractivity contribution in [2.45, 2.75) is 13.1 Å². The Balaban J connectivity index is 1.24. The SMILES string of the molecule is CN(Cc1ccc(OCCN2CCOCC2)cc1)Cc1cccc(-n2cccn2)c1. The predicted octanol–water partition coefficient (Wildman–Crippen LogP) is 3.22. The van der Waals surface area contributed by atoms with E-state index in [9.17, 15) is 0 Å². The van der Waals surface area contributed by atoms with Gasteiger partial charge in [0.15, 0.2) is 0 Å². The van der Waals surface area contributed by atoms with Gasteiger partial charge in [-0.05, 0) is 48.5 Å². The van der Waals surface area contributed by atoms with Crippen molar-refractivity contribution < 1.29 is 9.47 Å². The molecular weight excluding hydrogens is 376 g/mol. The van der Waals surface area contributed by atoms with Gasteiger partial charge in [0.1, 0.15) is 12.4 Å². The molecule has 2 heterocycles. The zero-order valence-corrected chi connectivity index (χ0v) is 17.6. The Morgan fingerprint density at radius 1 is 1.00 bits per heavy atom. The zero-order valence-electron chi connectivity index (χ0n) is 17.6. The van der Waals surface area contributed by atoms with Crippen molar-refractivity contribution in [2.75, 3.05) is 46.5 Å². The zero-order chi connectivity index (χ0) is 20.6. The van der Waals surface area contributed by atoms with Crippen LogP contribution in [0.3, 0.4) is 0 Å². The molecule has 0 amide bonds. The molecule has 0 N–H and O–H groups in total. The summed E-state index contributed by atoms with van der Waals surface area (Å²) in [6.45, 7) is 7.09. The lowest BCUT2D eigenvalue weighted by Gasteiger charge is -2.26. The van der Waals surface area contributed by atoms with E-state index in [0.29, 0.717) is 6.61 Å². The molecule has 6 nitrogen and oxygen atoms in total. The lowest BCUT2D eigenvalue weighted by atomic mass is 10.1. The molecule has 3 aromatic rings. The molecule has 1 aromatic heterocycles. The molecule has 0 saturated carbocycles. The lowest BCUT2D eigenvalue weighted by Crippen LogP contribution is -2.38. The molecule has 4 rings (SSSR count). The fraction of sp³-hybridized carbons (Fsp3) is 0.375. The van der Waals surface area contributed by atoms with Crippen LogP contribution in [-0.2, 0) is 17.8 Å². The fourth-order valence-corrected chi connectivity index (χ4v) is 3.71. The van der Waals surface area contributed by atoms with Crippen LogP contribution in [0.5, 0.6) is 5.75 Å². The number of hydrogen-bond acceptors (Lipinski definition) is 5. The second-order valence-corrected chi connectivity index (χ2v) is 7.74. The first-order valence-corrected chi connectivity index (χ1v) is 10.6. The summed E-state index contributed by atoms with van der Waals surface area (Å²) in [7, 11) is 2.15. The van der Waals surface area contributed by atoms with Gasteiger partial charge in [-0.25, -0.2) is 4.68 Å². The van der Waals surface area contributed by atoms with Gasteiger partial charge in [0.05, 0.1) is 18.9 Å². The van der Waals surface area contributed by atoms with Gasteiger partial charge < -0.3 is 9.47 Å². The Bertz CT molecular complexity index is 890. The monoisotopic (exact) mass is 406 g/mol. The van der Waals surface area contributed by atoms with E-state index in [-0.39, 0.29) is 0 Å². The average molecular weight is 407 g/mol. The van der Waals surface area contributed by atoms with Gasteiger partial charge in [0, 0.05) is 45.1 Å². The molecule has 1 aliphatic rings. The van der Waals surface area contributed by atoms with Crippen LogP contribution in [0.4, 0.5) is 0 Å². The summed E-state index contributed by atoms with van der Waals surface area (Å²) in [5, 5.41) is 4.31. The van der Waals surface area contributed by atoms with Crippen LogP contribution in [0.15, 0.2) is 67.0 Å². The van der Waals surface area contributed by atoms with Crippen molar-refractivity contribution in [1.29, 1.82) is 0 Å². The summed E-state index contributed by atoms with van der Waals surface area (Å²) in [5.41, 5.74) is 3.64. The summed E-state index contributed by atoms with van der Waals surface area (Å²) in [5.74, 6) is 0.932. The number of ether oxygens (including phenoxy) is 2. The first kappa shape index (κ1) is 20.6. The number of nitrogens with zero attached hydrogens (tertiary/aromatic N) is 4. The van der Waals surface area contributed by atoms with Crippen LogP contribution < -0.4 is 4.74 Å². The maximum Gasteiger partial charge on any atom is 0.119 e. The van der Waals surface area contributed by atoms with Crippen LogP contribution in [0.1, 0.15) is 11.1 Å². The summed E-state index contributed by atoms with van der Waals surface area (Å²) < 4.78 is 13.2. The summed E-state index contributed by atoms with van der Waals surface area (Å²) in [6.07, 6.45) is 3.77. The Hall–Kier alpha value is -2.67. The molecule has 30 heavy (non-hydrogen) atoms. The molecule has 0 bridgehead atoms. The maximum absolute atomic E-state index is 5.91. The van der Waals surface area contributed by atoms with Gasteiger partial charge in [-0.15, -0.1) is 0 Å². The van der Waals surface area contributed by atoms with Gasteiger partial charge in [-0.3, -0.25) is 9.80 Å². The molecular formula is C24H30N4O2. The minimum atomic E-state index is 0.714. The Morgan fingerprint density at radius 2 is 1.80 bits per heavy atom. The fourth-order valence-electron chi connectivity index (χ4n) is 3.71. The quantitative estimate of drug-likeness (QED) is 0.546. The molecule has 1 saturated heterocycles. The van der Waals surface area contributed by atoms with E-state index >= 15 is 0 Å². The highest BCUT2D eigenvalue weighted by molar-refractivity contribution is 5.35. The minimum Gasteiger partial charge on any atom is -0.492 e. The molecule has 6 heteroatoms. The first-order valence-electron chi connectivity index (χ1n) is 10.6. The molecule has 1 aliphatic heterocycles. The Labute approximate surface area is 178 Å². The number of morpholine rings is 1. The van der Waals surface area contributed by atoms with Crippen LogP contribution in [0.2, 0.25) is 0 Å². The van der Waals surface area contributed by atoms with Gasteiger partial charge in [0.25, 0.3) is 0 Å². The van der Waals surface area contributed by atoms with Gasteiger partial charge in [-0.1, -0.05) is 24.3 Å². The number of aromatic nitrogens is 2. The van der Waals surface area contributed by atoms with Gasteiger partial charge in [0.2, 0.25) is 0 Å². The van der Waals surface area contributed by atoms with E-state index in [2.05, 4.69) is 70.5 Å². The van der Waals surface area contributed by atoms with E-state index in [0.717, 1.165) is 57.4 Å². The molecule has 158 valence electrons. The van der Waals surface area contributed by atoms with Crippen LogP contribution in [0, 0.1) is 0 Å². The second-order valence-electron chi connectivity index (χ2n) is 7.74. The highest BCUT2D eigenvalue weighted by Crippen LogP contribution is 2.16. The van der Waals surface area contributed by atoms with Gasteiger partial charge >= 0.3 is 0 Å². The predicted molar refractivity (Wildman–Crippen MR) is 118 cm³/mol. The summed E-state index contributed by atoms with van der Waals surface area (Å²) in [6, 6.07) is 18.9. The number of rotatable bonds is 9. The molecule has 0 radical (unpaired) electrons. The molecule has 0 atom stereocenters. The third kappa shape index (κ3) is 5.92.